The lowest BCUT2D eigenvalue weighted by Gasteiger charge is -1.93. The van der Waals surface area contributed by atoms with E-state index < -0.39 is 12.1 Å². The average Bonchev–Trinajstić information content (AvgIpc) is 2.32. The summed E-state index contributed by atoms with van der Waals surface area (Å²) in [6.45, 7) is 2.27. The molecule has 0 aromatic carbocycles. The molecule has 1 aliphatic rings. The van der Waals surface area contributed by atoms with Gasteiger partial charge in [-0.2, -0.15) is 13.2 Å². The molecule has 0 spiro atoms. The molecule has 0 unspecified atom stereocenters. The molecule has 1 rings (SSSR count). The first-order valence-electron chi connectivity index (χ1n) is 4.11. The molecule has 5 nitrogen and oxygen atoms in total. The number of rotatable bonds is 0. The van der Waals surface area contributed by atoms with Crippen molar-refractivity contribution in [2.45, 2.75) is 12.6 Å². The lowest BCUT2D eigenvalue weighted by molar-refractivity contribution is -0.192. The van der Waals surface area contributed by atoms with Gasteiger partial charge in [0, 0.05) is 6.54 Å². The van der Waals surface area contributed by atoms with Gasteiger partial charge in [0.05, 0.1) is 6.54 Å². The Kier molecular flexibility index (Phi) is 5.68. The minimum atomic E-state index is -5.08. The SMILES string of the molecule is O=C(O)C(F)(F)F.O=C1CNCCCN1. The first kappa shape index (κ1) is 13.7. The van der Waals surface area contributed by atoms with Crippen LogP contribution in [0.2, 0.25) is 0 Å². The van der Waals surface area contributed by atoms with Gasteiger partial charge in [-0.3, -0.25) is 4.79 Å². The maximum Gasteiger partial charge on any atom is 0.490 e. The fraction of sp³-hybridized carbons (Fsp3) is 0.714. The molecular weight excluding hydrogens is 217 g/mol. The Morgan fingerprint density at radius 3 is 2.33 bits per heavy atom. The first-order valence-corrected chi connectivity index (χ1v) is 4.11. The predicted molar refractivity (Wildman–Crippen MR) is 44.2 cm³/mol. The fourth-order valence-corrected chi connectivity index (χ4v) is 0.706. The average molecular weight is 228 g/mol. The van der Waals surface area contributed by atoms with Crippen LogP contribution in [-0.4, -0.2) is 42.8 Å². The van der Waals surface area contributed by atoms with E-state index in [1.54, 1.807) is 0 Å². The molecule has 1 aliphatic heterocycles. The van der Waals surface area contributed by atoms with E-state index in [2.05, 4.69) is 10.6 Å². The summed E-state index contributed by atoms with van der Waals surface area (Å²) in [6.07, 6.45) is -4.04. The van der Waals surface area contributed by atoms with Gasteiger partial charge < -0.3 is 15.7 Å². The maximum atomic E-state index is 10.6. The van der Waals surface area contributed by atoms with Gasteiger partial charge in [-0.25, -0.2) is 4.79 Å². The molecule has 0 saturated carbocycles. The van der Waals surface area contributed by atoms with Crippen molar-refractivity contribution < 1.29 is 27.9 Å². The number of amides is 1. The largest absolute Gasteiger partial charge is 0.490 e. The van der Waals surface area contributed by atoms with Crippen LogP contribution in [0, 0.1) is 0 Å². The Balaban J connectivity index is 0.000000265. The van der Waals surface area contributed by atoms with E-state index in [9.17, 15) is 18.0 Å². The molecule has 0 aromatic heterocycles. The quantitative estimate of drug-likeness (QED) is 0.533. The smallest absolute Gasteiger partial charge is 0.475 e. The number of aliphatic carboxylic acids is 1. The number of carboxylic acids is 1. The van der Waals surface area contributed by atoms with Gasteiger partial charge in [-0.1, -0.05) is 0 Å². The fourth-order valence-electron chi connectivity index (χ4n) is 0.706. The second kappa shape index (κ2) is 6.23. The summed E-state index contributed by atoms with van der Waals surface area (Å²) < 4.78 is 31.7. The van der Waals surface area contributed by atoms with E-state index in [-0.39, 0.29) is 5.91 Å². The molecule has 0 radical (unpaired) electrons. The number of hydrogen-bond donors (Lipinski definition) is 3. The number of carbonyl (C=O) groups excluding carboxylic acids is 1. The molecule has 8 heteroatoms. The van der Waals surface area contributed by atoms with Crippen molar-refractivity contribution in [2.24, 2.45) is 0 Å². The summed E-state index contributed by atoms with van der Waals surface area (Å²) in [4.78, 5) is 19.4. The number of hydrogen-bond acceptors (Lipinski definition) is 3. The maximum absolute atomic E-state index is 10.6. The monoisotopic (exact) mass is 228 g/mol. The number of halogens is 3. The highest BCUT2D eigenvalue weighted by atomic mass is 19.4. The molecule has 0 atom stereocenters. The van der Waals surface area contributed by atoms with Crippen molar-refractivity contribution in [2.75, 3.05) is 19.6 Å². The van der Waals surface area contributed by atoms with Gasteiger partial charge in [-0.15, -0.1) is 0 Å². The number of carbonyl (C=O) groups is 2. The third kappa shape index (κ3) is 7.74. The van der Waals surface area contributed by atoms with Gasteiger partial charge in [0.2, 0.25) is 5.91 Å². The van der Waals surface area contributed by atoms with Crippen LogP contribution < -0.4 is 10.6 Å². The van der Waals surface area contributed by atoms with E-state index >= 15 is 0 Å². The standard InChI is InChI=1S/C5H10N2O.C2HF3O2/c8-5-4-6-2-1-3-7-5;3-2(4,5)1(6)7/h6H,1-4H2,(H,7,8);(H,6,7). The molecule has 1 amide bonds. The van der Waals surface area contributed by atoms with Crippen LogP contribution in [0.3, 0.4) is 0 Å². The Morgan fingerprint density at radius 1 is 1.33 bits per heavy atom. The van der Waals surface area contributed by atoms with Crippen molar-refractivity contribution in [1.82, 2.24) is 10.6 Å². The highest BCUT2D eigenvalue weighted by Crippen LogP contribution is 2.13. The lowest BCUT2D eigenvalue weighted by Crippen LogP contribution is -2.28. The summed E-state index contributed by atoms with van der Waals surface area (Å²) in [5.74, 6) is -2.64. The third-order valence-corrected chi connectivity index (χ3v) is 1.38. The molecule has 88 valence electrons. The second-order valence-electron chi connectivity index (χ2n) is 2.68. The third-order valence-electron chi connectivity index (χ3n) is 1.38. The molecule has 1 heterocycles. The van der Waals surface area contributed by atoms with Crippen LogP contribution in [0.1, 0.15) is 6.42 Å². The van der Waals surface area contributed by atoms with Crippen molar-refractivity contribution in [3.8, 4) is 0 Å². The Hall–Kier alpha value is -1.31. The van der Waals surface area contributed by atoms with Crippen molar-refractivity contribution in [1.29, 1.82) is 0 Å². The number of alkyl halides is 3. The summed E-state index contributed by atoms with van der Waals surface area (Å²) >= 11 is 0. The Labute approximate surface area is 83.6 Å². The van der Waals surface area contributed by atoms with Crippen LogP contribution in [0.15, 0.2) is 0 Å². The summed E-state index contributed by atoms with van der Waals surface area (Å²) in [5.41, 5.74) is 0. The van der Waals surface area contributed by atoms with E-state index in [1.807, 2.05) is 0 Å². The summed E-state index contributed by atoms with van der Waals surface area (Å²) in [6, 6.07) is 0. The highest BCUT2D eigenvalue weighted by Gasteiger charge is 2.38. The van der Waals surface area contributed by atoms with Crippen LogP contribution in [0.4, 0.5) is 13.2 Å². The van der Waals surface area contributed by atoms with Crippen LogP contribution in [-0.2, 0) is 9.59 Å². The van der Waals surface area contributed by atoms with Crippen LogP contribution >= 0.6 is 0 Å². The molecule has 0 bridgehead atoms. The molecular formula is C7H11F3N2O3. The molecule has 3 N–H and O–H groups in total. The molecule has 1 saturated heterocycles. The highest BCUT2D eigenvalue weighted by molar-refractivity contribution is 5.78. The van der Waals surface area contributed by atoms with E-state index in [4.69, 9.17) is 9.90 Å². The normalized spacial score (nSPS) is 16.9. The van der Waals surface area contributed by atoms with Gasteiger partial charge in [0.1, 0.15) is 0 Å². The van der Waals surface area contributed by atoms with Crippen LogP contribution in [0.5, 0.6) is 0 Å². The molecule has 0 aromatic rings. The summed E-state index contributed by atoms with van der Waals surface area (Å²) in [7, 11) is 0. The van der Waals surface area contributed by atoms with E-state index in [0.717, 1.165) is 19.5 Å². The topological polar surface area (TPSA) is 78.4 Å². The number of nitrogens with one attached hydrogen (secondary N) is 2. The van der Waals surface area contributed by atoms with E-state index in [0.29, 0.717) is 6.54 Å². The minimum Gasteiger partial charge on any atom is -0.475 e. The van der Waals surface area contributed by atoms with Gasteiger partial charge in [0.15, 0.2) is 0 Å². The van der Waals surface area contributed by atoms with Crippen molar-refractivity contribution in [3.63, 3.8) is 0 Å². The van der Waals surface area contributed by atoms with Crippen molar-refractivity contribution >= 4 is 11.9 Å². The molecule has 15 heavy (non-hydrogen) atoms. The second-order valence-corrected chi connectivity index (χ2v) is 2.68. The van der Waals surface area contributed by atoms with Crippen LogP contribution in [0.25, 0.3) is 0 Å². The first-order chi connectivity index (χ1) is 6.84. The zero-order valence-corrected chi connectivity index (χ0v) is 7.73. The van der Waals surface area contributed by atoms with E-state index in [1.165, 1.54) is 0 Å². The van der Waals surface area contributed by atoms with Gasteiger partial charge in [-0.05, 0) is 13.0 Å². The zero-order chi connectivity index (χ0) is 11.9. The van der Waals surface area contributed by atoms with Gasteiger partial charge >= 0.3 is 12.1 Å². The molecule has 0 aliphatic carbocycles. The minimum absolute atomic E-state index is 0.113. The van der Waals surface area contributed by atoms with Crippen molar-refractivity contribution in [3.05, 3.63) is 0 Å². The zero-order valence-electron chi connectivity index (χ0n) is 7.73. The summed E-state index contributed by atoms with van der Waals surface area (Å²) in [5, 5.41) is 12.9. The van der Waals surface area contributed by atoms with Gasteiger partial charge in [0.25, 0.3) is 0 Å². The number of carboxylic acid groups (broad SMARTS) is 1. The predicted octanol–water partition coefficient (Wildman–Crippen LogP) is -0.271. The molecule has 1 fully saturated rings. The lowest BCUT2D eigenvalue weighted by atomic mass is 10.4. The Morgan fingerprint density at radius 2 is 1.87 bits per heavy atom. The Bertz CT molecular complexity index is 220.